The minimum Gasteiger partial charge on any atom is -0.309 e. The van der Waals surface area contributed by atoms with Crippen LogP contribution in [0.3, 0.4) is 0 Å². The van der Waals surface area contributed by atoms with Gasteiger partial charge in [0.25, 0.3) is 0 Å². The van der Waals surface area contributed by atoms with E-state index in [2.05, 4.69) is 346 Å². The Hall–Kier alpha value is -11.6. The third-order valence-electron chi connectivity index (χ3n) is 18.5. The van der Waals surface area contributed by atoms with E-state index in [0.717, 1.165) is 88.4 Å². The summed E-state index contributed by atoms with van der Waals surface area (Å²) in [4.78, 5) is 11.9. The van der Waals surface area contributed by atoms with Gasteiger partial charge >= 0.3 is 0 Å². The fourth-order valence-electron chi connectivity index (χ4n) is 14.6. The Morgan fingerprint density at radius 3 is 0.865 bits per heavy atom. The highest BCUT2D eigenvalue weighted by Gasteiger charge is 2.44. The number of fused-ring (bicyclic) bond motifs is 12. The number of aromatic nitrogens is 6. The largest absolute Gasteiger partial charge is 0.309 e. The van der Waals surface area contributed by atoms with Crippen LogP contribution in [0, 0.1) is 0 Å². The number of hydrogen-bond donors (Lipinski definition) is 0. The summed E-state index contributed by atoms with van der Waals surface area (Å²) in [5, 5.41) is 14.1. The van der Waals surface area contributed by atoms with Crippen LogP contribution in [0.2, 0.25) is 0 Å². The molecule has 7 heteroatoms. The lowest BCUT2D eigenvalue weighted by atomic mass is 10.0. The molecule has 18 rings (SSSR count). The number of hydrogen-bond acceptors (Lipinski definition) is 2. The lowest BCUT2D eigenvalue weighted by Gasteiger charge is -2.33. The molecule has 0 aliphatic heterocycles. The van der Waals surface area contributed by atoms with Crippen molar-refractivity contribution in [3.63, 3.8) is 0 Å². The van der Waals surface area contributed by atoms with Gasteiger partial charge in [0.05, 0.1) is 44.1 Å². The summed E-state index contributed by atoms with van der Waals surface area (Å²) in [7, 11) is -3.27. The van der Waals surface area contributed by atoms with Crippen LogP contribution >= 0.6 is 0 Å². The Balaban J connectivity index is 0.871. The minimum atomic E-state index is -3.27. The zero-order chi connectivity index (χ0) is 58.6. The van der Waals surface area contributed by atoms with Gasteiger partial charge in [0, 0.05) is 59.8 Å². The average molecular weight is 1150 g/mol. The van der Waals surface area contributed by atoms with Gasteiger partial charge in [0.15, 0.2) is 0 Å². The van der Waals surface area contributed by atoms with Gasteiger partial charge in [-0.05, 0) is 141 Å². The minimum absolute atomic E-state index is 0.608. The first kappa shape index (κ1) is 50.7. The maximum atomic E-state index is 6.04. The second-order valence-corrected chi connectivity index (χ2v) is 27.0. The molecule has 0 amide bonds. The summed E-state index contributed by atoms with van der Waals surface area (Å²) >= 11 is 0. The van der Waals surface area contributed by atoms with Crippen molar-refractivity contribution in [2.45, 2.75) is 0 Å². The molecule has 0 N–H and O–H groups in total. The first-order valence-corrected chi connectivity index (χ1v) is 32.5. The van der Waals surface area contributed by atoms with Crippen LogP contribution in [0.15, 0.2) is 328 Å². The zero-order valence-electron chi connectivity index (χ0n) is 48.4. The maximum absolute atomic E-state index is 6.04. The molecular formula is C82H54N6Si. The lowest BCUT2D eigenvalue weighted by molar-refractivity contribution is 0.959. The summed E-state index contributed by atoms with van der Waals surface area (Å²) in [6.45, 7) is 0. The Labute approximate surface area is 514 Å². The molecule has 0 saturated carbocycles. The summed E-state index contributed by atoms with van der Waals surface area (Å²) in [5.74, 6) is 1.40. The quantitative estimate of drug-likeness (QED) is 0.101. The molecule has 6 nitrogen and oxygen atoms in total. The smallest absolute Gasteiger partial charge is 0.236 e. The van der Waals surface area contributed by atoms with Crippen LogP contribution in [0.4, 0.5) is 0 Å². The van der Waals surface area contributed by atoms with Gasteiger partial charge in [0.2, 0.25) is 14.0 Å². The number of nitrogens with zero attached hydrogens (tertiary/aromatic N) is 6. The summed E-state index contributed by atoms with van der Waals surface area (Å²) in [6.07, 6.45) is 0. The van der Waals surface area contributed by atoms with Gasteiger partial charge in [-0.3, -0.25) is 9.13 Å². The van der Waals surface area contributed by atoms with Crippen molar-refractivity contribution in [2.24, 2.45) is 0 Å². The first-order valence-electron chi connectivity index (χ1n) is 30.5. The van der Waals surface area contributed by atoms with Gasteiger partial charge in [-0.2, -0.15) is 4.98 Å². The molecule has 0 bridgehead atoms. The van der Waals surface area contributed by atoms with Crippen LogP contribution in [0.5, 0.6) is 0 Å². The first-order chi connectivity index (χ1) is 44.2. The van der Waals surface area contributed by atoms with Crippen molar-refractivity contribution >= 4 is 116 Å². The van der Waals surface area contributed by atoms with E-state index in [1.165, 1.54) is 59.2 Å². The van der Waals surface area contributed by atoms with Crippen molar-refractivity contribution in [3.8, 4) is 45.4 Å². The average Bonchev–Trinajstić information content (AvgIpc) is 2.01. The Kier molecular flexibility index (Phi) is 11.5. The van der Waals surface area contributed by atoms with Gasteiger partial charge in [-0.1, -0.05) is 224 Å². The second kappa shape index (κ2) is 20.2. The second-order valence-electron chi connectivity index (χ2n) is 23.3. The molecular weight excluding hydrogens is 1100 g/mol. The fraction of sp³-hybridized carbons (Fsp3) is 0. The molecule has 13 aromatic carbocycles. The Morgan fingerprint density at radius 1 is 0.213 bits per heavy atom. The van der Waals surface area contributed by atoms with Gasteiger partial charge in [0.1, 0.15) is 5.82 Å². The monoisotopic (exact) mass is 1150 g/mol. The lowest BCUT2D eigenvalue weighted by Crippen LogP contribution is -2.75. The van der Waals surface area contributed by atoms with Gasteiger partial charge in [-0.25, -0.2) is 4.98 Å². The predicted molar refractivity (Wildman–Crippen MR) is 374 cm³/mol. The van der Waals surface area contributed by atoms with Crippen LogP contribution in [-0.2, 0) is 0 Å². The molecule has 0 aliphatic carbocycles. The van der Waals surface area contributed by atoms with Crippen molar-refractivity contribution in [2.75, 3.05) is 0 Å². The van der Waals surface area contributed by atoms with E-state index in [4.69, 9.17) is 9.97 Å². The molecule has 89 heavy (non-hydrogen) atoms. The SMILES string of the molecule is c1ccc(-n2c3ccccc3c3cc(-c4ccc5c(c4)c4ccccc4n5-c4cc([Si](c5ccccc5)(c5ccccc5)c5ccccc5)nc(-n5c6ccccc6c6cc(-c7ccc8c(c7)c7ccccc7n8-c7ccccc7)ccc65)n4)ccc32)cc1. The molecule has 0 unspecified atom stereocenters. The zero-order valence-corrected chi connectivity index (χ0v) is 49.4. The molecule has 0 radical (unpaired) electrons. The highest BCUT2D eigenvalue weighted by Crippen LogP contribution is 2.41. The Morgan fingerprint density at radius 2 is 0.494 bits per heavy atom. The van der Waals surface area contributed by atoms with Crippen LogP contribution in [0.25, 0.3) is 133 Å². The van der Waals surface area contributed by atoms with E-state index in [1.54, 1.807) is 0 Å². The van der Waals surface area contributed by atoms with E-state index in [-0.39, 0.29) is 0 Å². The van der Waals surface area contributed by atoms with E-state index >= 15 is 0 Å². The molecule has 0 saturated heterocycles. The normalized spacial score (nSPS) is 12.0. The molecule has 5 heterocycles. The van der Waals surface area contributed by atoms with E-state index < -0.39 is 8.07 Å². The molecule has 18 aromatic rings. The summed E-state index contributed by atoms with van der Waals surface area (Å²) in [6, 6.07) is 120. The summed E-state index contributed by atoms with van der Waals surface area (Å²) < 4.78 is 9.46. The maximum Gasteiger partial charge on any atom is 0.236 e. The standard InChI is InChI=1S/C82H54N6Si/c1-6-24-59(25-7-1)85-72-38-20-16-34-64(72)68-50-55(42-46-76(68)85)57-44-48-78-70(52-57)66-36-18-22-40-74(66)87(78)80-54-81(89(61-28-10-3-11-29-61,62-30-12-4-13-31-62)63-32-14-5-15-33-63)84-82(83-80)88-75-41-23-19-37-67(75)71-53-58(45-49-79(71)88)56-43-47-77-69(51-56)65-35-17-21-39-73(65)86(77)60-26-8-2-9-27-60/h1-54H. The fourth-order valence-corrected chi connectivity index (χ4v) is 19.2. The third kappa shape index (κ3) is 7.82. The predicted octanol–water partition coefficient (Wildman–Crippen LogP) is 17.6. The van der Waals surface area contributed by atoms with Gasteiger partial charge < -0.3 is 9.13 Å². The van der Waals surface area contributed by atoms with Crippen LogP contribution < -0.4 is 20.9 Å². The number of para-hydroxylation sites is 6. The van der Waals surface area contributed by atoms with Crippen molar-refractivity contribution in [1.29, 1.82) is 0 Å². The topological polar surface area (TPSA) is 45.5 Å². The van der Waals surface area contributed by atoms with Crippen molar-refractivity contribution in [1.82, 2.24) is 28.2 Å². The number of benzene rings is 13. The molecule has 0 fully saturated rings. The van der Waals surface area contributed by atoms with Gasteiger partial charge in [-0.15, -0.1) is 0 Å². The van der Waals surface area contributed by atoms with E-state index in [9.17, 15) is 0 Å². The molecule has 5 aromatic heterocycles. The van der Waals surface area contributed by atoms with E-state index in [1.807, 2.05) is 0 Å². The highest BCUT2D eigenvalue weighted by molar-refractivity contribution is 7.19. The highest BCUT2D eigenvalue weighted by atomic mass is 28.3. The molecule has 416 valence electrons. The molecule has 0 atom stereocenters. The van der Waals surface area contributed by atoms with Crippen molar-refractivity contribution in [3.05, 3.63) is 328 Å². The summed E-state index contributed by atoms with van der Waals surface area (Å²) in [5.41, 5.74) is 15.8. The molecule has 0 spiro atoms. The van der Waals surface area contributed by atoms with Crippen LogP contribution in [-0.4, -0.2) is 36.3 Å². The van der Waals surface area contributed by atoms with E-state index in [0.29, 0.717) is 5.95 Å². The third-order valence-corrected chi connectivity index (χ3v) is 23.1. The number of rotatable bonds is 10. The van der Waals surface area contributed by atoms with Crippen LogP contribution in [0.1, 0.15) is 0 Å². The Bertz CT molecular complexity index is 5400. The molecule has 0 aliphatic rings. The van der Waals surface area contributed by atoms with Crippen molar-refractivity contribution < 1.29 is 0 Å².